The van der Waals surface area contributed by atoms with E-state index in [0.29, 0.717) is 15.8 Å². The van der Waals surface area contributed by atoms with Gasteiger partial charge in [-0.05, 0) is 75.3 Å². The molecule has 0 aliphatic heterocycles. The Balaban J connectivity index is 2.16. The molecule has 0 saturated heterocycles. The number of aliphatic hydroxyl groups excluding tert-OH is 1. The van der Waals surface area contributed by atoms with E-state index in [1.807, 2.05) is 0 Å². The summed E-state index contributed by atoms with van der Waals surface area (Å²) >= 11 is 3.32. The molecule has 2 aromatic rings. The van der Waals surface area contributed by atoms with Crippen LogP contribution >= 0.6 is 26.1 Å². The van der Waals surface area contributed by atoms with E-state index in [1.165, 1.54) is 18.7 Å². The third-order valence-electron chi connectivity index (χ3n) is 3.69. The number of aromatic nitrogens is 2. The lowest BCUT2D eigenvalue weighted by molar-refractivity contribution is 0.0569. The summed E-state index contributed by atoms with van der Waals surface area (Å²) in [7, 11) is -2.27. The molecule has 1 heterocycles. The molecule has 0 aliphatic rings. The highest BCUT2D eigenvalue weighted by Crippen LogP contribution is 2.42. The molecule has 1 aromatic carbocycles. The highest BCUT2D eigenvalue weighted by Gasteiger charge is 2.22. The molecule has 2 atom stereocenters. The van der Waals surface area contributed by atoms with E-state index < -0.39 is 27.7 Å². The lowest BCUT2D eigenvalue weighted by Crippen LogP contribution is -2.26. The van der Waals surface area contributed by atoms with Gasteiger partial charge in [0.05, 0.1) is 16.8 Å². The van der Waals surface area contributed by atoms with E-state index in [9.17, 15) is 14.8 Å². The summed E-state index contributed by atoms with van der Waals surface area (Å²) < 4.78 is 9.09. The number of nitrogens with one attached hydrogen (secondary N) is 2. The fourth-order valence-electron chi connectivity index (χ4n) is 1.85. The summed E-state index contributed by atoms with van der Waals surface area (Å²) in [5.74, 6) is 0.567. The van der Waals surface area contributed by atoms with Crippen LogP contribution in [0.2, 0.25) is 0 Å². The number of carbonyl (C=O) groups is 1. The number of hydrogen-bond donors (Lipinski definition) is 3. The average molecular weight is 472 g/mol. The second-order valence-corrected chi connectivity index (χ2v) is 10.3. The highest BCUT2D eigenvalue weighted by molar-refractivity contribution is 9.10. The summed E-state index contributed by atoms with van der Waals surface area (Å²) in [4.78, 5) is 31.4. The van der Waals surface area contributed by atoms with E-state index in [4.69, 9.17) is 4.74 Å². The minimum absolute atomic E-state index is 0.278. The van der Waals surface area contributed by atoms with Crippen molar-refractivity contribution < 1.29 is 14.6 Å². The monoisotopic (exact) mass is 471 g/mol. The molecule has 0 radical (unpaired) electrons. The fraction of sp³-hybridized carbons (Fsp3) is 0.353. The molecule has 3 N–H and O–H groups in total. The molecule has 0 saturated carbocycles. The largest absolute Gasteiger partial charge is 0.471 e. The van der Waals surface area contributed by atoms with E-state index in [1.54, 1.807) is 38.1 Å². The maximum absolute atomic E-state index is 12.1. The van der Waals surface area contributed by atoms with Gasteiger partial charge in [0.1, 0.15) is 6.10 Å². The van der Waals surface area contributed by atoms with Gasteiger partial charge in [0.15, 0.2) is 0 Å². The van der Waals surface area contributed by atoms with Crippen LogP contribution in [0.5, 0.6) is 5.88 Å². The third kappa shape index (κ3) is 5.88. The third-order valence-corrected chi connectivity index (χ3v) is 5.62. The fourth-order valence-corrected chi connectivity index (χ4v) is 2.57. The number of aliphatic hydroxyl groups is 1. The molecule has 0 spiro atoms. The van der Waals surface area contributed by atoms with Crippen LogP contribution < -0.4 is 15.4 Å². The number of carbonyl (C=O) groups excluding carboxylic acids is 1. The summed E-state index contributed by atoms with van der Waals surface area (Å²) in [6, 6.07) is 6.89. The molecular formula is C17H22BrN5O4S. The second kappa shape index (κ2) is 9.30. The van der Waals surface area contributed by atoms with Crippen molar-refractivity contribution in [1.82, 2.24) is 9.97 Å². The van der Waals surface area contributed by atoms with Crippen LogP contribution in [-0.2, 0) is 0 Å². The number of amides is 1. The zero-order valence-corrected chi connectivity index (χ0v) is 18.2. The van der Waals surface area contributed by atoms with Crippen molar-refractivity contribution in [3.8, 4) is 5.88 Å². The van der Waals surface area contributed by atoms with Crippen LogP contribution in [0.1, 0.15) is 13.8 Å². The number of rotatable bonds is 7. The minimum atomic E-state index is -2.27. The Morgan fingerprint density at radius 1 is 1.32 bits per heavy atom. The Labute approximate surface area is 172 Å². The Morgan fingerprint density at radius 3 is 2.64 bits per heavy atom. The highest BCUT2D eigenvalue weighted by atomic mass is 79.9. The predicted molar refractivity (Wildman–Crippen MR) is 115 cm³/mol. The molecule has 0 fully saturated rings. The van der Waals surface area contributed by atoms with Crippen LogP contribution in [0.15, 0.2) is 39.5 Å². The van der Waals surface area contributed by atoms with Crippen molar-refractivity contribution in [2.24, 2.45) is 4.58 Å². The van der Waals surface area contributed by atoms with E-state index in [2.05, 4.69) is 41.1 Å². The number of ether oxygens (including phenoxy) is 1. The van der Waals surface area contributed by atoms with Gasteiger partial charge in [0.2, 0.25) is 11.8 Å². The molecule has 9 nitrogen and oxygen atoms in total. The SMILES string of the molecule is C[C@@H](O)[C@@H](C)Oc1nc(Nc2cccc(NC(=O)S(C)(C)N=O)c2)ncc1Br. The number of benzene rings is 1. The Bertz CT molecular complexity index is 865. The topological polar surface area (TPSA) is 126 Å². The maximum Gasteiger partial charge on any atom is 0.287 e. The summed E-state index contributed by atoms with van der Waals surface area (Å²) in [6.07, 6.45) is 3.46. The van der Waals surface area contributed by atoms with Crippen LogP contribution in [0.25, 0.3) is 0 Å². The quantitative estimate of drug-likeness (QED) is 0.510. The van der Waals surface area contributed by atoms with Gasteiger partial charge in [-0.2, -0.15) is 4.98 Å². The Hall–Kier alpha value is -2.24. The molecule has 2 rings (SSSR count). The Morgan fingerprint density at radius 2 is 2.00 bits per heavy atom. The van der Waals surface area contributed by atoms with Crippen molar-refractivity contribution in [3.63, 3.8) is 0 Å². The lowest BCUT2D eigenvalue weighted by Gasteiger charge is -2.20. The van der Waals surface area contributed by atoms with Crippen LogP contribution in [0.3, 0.4) is 0 Å². The smallest absolute Gasteiger partial charge is 0.287 e. The van der Waals surface area contributed by atoms with Gasteiger partial charge in [-0.25, -0.2) is 4.98 Å². The van der Waals surface area contributed by atoms with Crippen molar-refractivity contribution in [1.29, 1.82) is 0 Å². The van der Waals surface area contributed by atoms with Crippen molar-refractivity contribution in [3.05, 3.63) is 39.8 Å². The number of hydrogen-bond acceptors (Lipinski definition) is 8. The van der Waals surface area contributed by atoms with Crippen LogP contribution in [0.4, 0.5) is 22.1 Å². The Kier molecular flexibility index (Phi) is 7.33. The molecule has 28 heavy (non-hydrogen) atoms. The van der Waals surface area contributed by atoms with Gasteiger partial charge >= 0.3 is 0 Å². The zero-order valence-electron chi connectivity index (χ0n) is 15.8. The molecule has 0 unspecified atom stereocenters. The van der Waals surface area contributed by atoms with Gasteiger partial charge in [0.25, 0.3) is 5.24 Å². The molecule has 0 bridgehead atoms. The van der Waals surface area contributed by atoms with Gasteiger partial charge in [-0.3, -0.25) is 4.79 Å². The summed E-state index contributed by atoms with van der Waals surface area (Å²) in [5, 5.41) is 14.9. The average Bonchev–Trinajstić information content (AvgIpc) is 2.64. The first-order valence-electron chi connectivity index (χ1n) is 8.25. The standard InChI is InChI=1S/C17H22BrN5O4S/c1-10(24)11(2)27-15-14(18)9-19-16(22-15)20-12-6-5-7-13(8-12)21-17(25)28(3,4)23-26/h5-11,24H,1-4H3,(H,21,25)(H,19,20,22)/t10-,11-/m1/s1. The first-order chi connectivity index (χ1) is 13.1. The predicted octanol–water partition coefficient (Wildman–Crippen LogP) is 4.41. The number of halogens is 1. The summed E-state index contributed by atoms with van der Waals surface area (Å²) in [6.45, 7) is 3.36. The molecule has 0 aliphatic carbocycles. The number of anilines is 3. The first-order valence-corrected chi connectivity index (χ1v) is 11.5. The van der Waals surface area contributed by atoms with Crippen LogP contribution in [-0.4, -0.2) is 45.0 Å². The molecule has 152 valence electrons. The van der Waals surface area contributed by atoms with Crippen LogP contribution in [0, 0.1) is 4.91 Å². The van der Waals surface area contributed by atoms with E-state index in [-0.39, 0.29) is 11.8 Å². The number of nitroso groups, excluding NO2 is 1. The molecule has 11 heteroatoms. The molecular weight excluding hydrogens is 450 g/mol. The maximum atomic E-state index is 12.1. The van der Waals surface area contributed by atoms with Crippen molar-refractivity contribution in [2.45, 2.75) is 26.1 Å². The van der Waals surface area contributed by atoms with E-state index >= 15 is 0 Å². The van der Waals surface area contributed by atoms with Gasteiger partial charge in [-0.1, -0.05) is 6.07 Å². The van der Waals surface area contributed by atoms with Crippen molar-refractivity contribution in [2.75, 3.05) is 23.1 Å². The van der Waals surface area contributed by atoms with E-state index in [0.717, 1.165) is 0 Å². The zero-order chi connectivity index (χ0) is 20.9. The molecule has 1 aromatic heterocycles. The first kappa shape index (κ1) is 22.1. The number of nitrogens with zero attached hydrogens (tertiary/aromatic N) is 3. The van der Waals surface area contributed by atoms with Gasteiger partial charge in [-0.15, -0.1) is 4.91 Å². The minimum Gasteiger partial charge on any atom is -0.471 e. The summed E-state index contributed by atoms with van der Waals surface area (Å²) in [5.41, 5.74) is 1.14. The second-order valence-electron chi connectivity index (χ2n) is 6.38. The van der Waals surface area contributed by atoms with Gasteiger partial charge in [0, 0.05) is 11.4 Å². The molecule has 1 amide bonds. The normalized spacial score (nSPS) is 13.9. The lowest BCUT2D eigenvalue weighted by atomic mass is 10.3. The van der Waals surface area contributed by atoms with Gasteiger partial charge < -0.3 is 20.5 Å². The van der Waals surface area contributed by atoms with Crippen molar-refractivity contribution >= 4 is 48.7 Å².